The number of nitrogens with one attached hydrogen (secondary N) is 2. The summed E-state index contributed by atoms with van der Waals surface area (Å²) < 4.78 is 5.41. The Labute approximate surface area is 142 Å². The lowest BCUT2D eigenvalue weighted by molar-refractivity contribution is -0.117. The maximum Gasteiger partial charge on any atom is 0.227 e. The highest BCUT2D eigenvalue weighted by atomic mass is 16.5. The standard InChI is InChI=1S/C18H25N3O3/c1-24-16-12-14(6-8-15(16)21-11-3-5-18(21)23)20-17(22)9-7-13-4-2-10-19-13/h6,8,12-13,19H,2-5,7,9-11H2,1H3,(H,20,22). The number of rotatable bonds is 6. The number of anilines is 2. The summed E-state index contributed by atoms with van der Waals surface area (Å²) in [6, 6.07) is 5.92. The Kier molecular flexibility index (Phi) is 5.35. The zero-order chi connectivity index (χ0) is 16.9. The molecular formula is C18H25N3O3. The molecule has 2 amide bonds. The van der Waals surface area contributed by atoms with Crippen LogP contribution in [0.25, 0.3) is 0 Å². The van der Waals surface area contributed by atoms with Gasteiger partial charge in [-0.2, -0.15) is 0 Å². The van der Waals surface area contributed by atoms with Crippen molar-refractivity contribution in [1.82, 2.24) is 5.32 Å². The molecule has 0 bridgehead atoms. The van der Waals surface area contributed by atoms with Gasteiger partial charge >= 0.3 is 0 Å². The van der Waals surface area contributed by atoms with Gasteiger partial charge in [0.05, 0.1) is 12.8 Å². The zero-order valence-electron chi connectivity index (χ0n) is 14.1. The number of benzene rings is 1. The number of hydrogen-bond acceptors (Lipinski definition) is 4. The Hall–Kier alpha value is -2.08. The molecule has 0 spiro atoms. The van der Waals surface area contributed by atoms with Gasteiger partial charge in [-0.05, 0) is 44.4 Å². The number of amides is 2. The smallest absolute Gasteiger partial charge is 0.227 e. The molecule has 1 aromatic carbocycles. The van der Waals surface area contributed by atoms with Crippen molar-refractivity contribution < 1.29 is 14.3 Å². The number of ether oxygens (including phenoxy) is 1. The van der Waals surface area contributed by atoms with Gasteiger partial charge in [-0.1, -0.05) is 0 Å². The van der Waals surface area contributed by atoms with E-state index in [1.807, 2.05) is 12.1 Å². The van der Waals surface area contributed by atoms with Gasteiger partial charge in [0.25, 0.3) is 0 Å². The summed E-state index contributed by atoms with van der Waals surface area (Å²) in [5.41, 5.74) is 1.47. The minimum absolute atomic E-state index is 0.00996. The molecule has 3 rings (SSSR count). The van der Waals surface area contributed by atoms with Gasteiger partial charge in [-0.15, -0.1) is 0 Å². The van der Waals surface area contributed by atoms with Crippen molar-refractivity contribution in [2.24, 2.45) is 0 Å². The van der Waals surface area contributed by atoms with Crippen LogP contribution in [0, 0.1) is 0 Å². The van der Waals surface area contributed by atoms with Crippen LogP contribution in [0.1, 0.15) is 38.5 Å². The Bertz CT molecular complexity index is 612. The lowest BCUT2D eigenvalue weighted by Gasteiger charge is -2.19. The highest BCUT2D eigenvalue weighted by Crippen LogP contribution is 2.33. The second kappa shape index (κ2) is 7.66. The summed E-state index contributed by atoms with van der Waals surface area (Å²) in [7, 11) is 1.58. The highest BCUT2D eigenvalue weighted by Gasteiger charge is 2.24. The molecule has 0 radical (unpaired) electrons. The van der Waals surface area contributed by atoms with E-state index in [0.29, 0.717) is 30.3 Å². The first-order valence-corrected chi connectivity index (χ1v) is 8.69. The first-order chi connectivity index (χ1) is 11.7. The van der Waals surface area contributed by atoms with E-state index in [1.54, 1.807) is 18.1 Å². The highest BCUT2D eigenvalue weighted by molar-refractivity contribution is 5.97. The largest absolute Gasteiger partial charge is 0.494 e. The molecule has 2 heterocycles. The van der Waals surface area contributed by atoms with Crippen LogP contribution in [0.4, 0.5) is 11.4 Å². The van der Waals surface area contributed by atoms with Crippen LogP contribution in [-0.4, -0.2) is 38.1 Å². The molecule has 130 valence electrons. The van der Waals surface area contributed by atoms with Crippen molar-refractivity contribution in [3.05, 3.63) is 18.2 Å². The first-order valence-electron chi connectivity index (χ1n) is 8.69. The zero-order valence-corrected chi connectivity index (χ0v) is 14.1. The predicted octanol–water partition coefficient (Wildman–Crippen LogP) is 2.29. The maximum absolute atomic E-state index is 12.1. The minimum atomic E-state index is 0.00996. The molecule has 2 aliphatic rings. The van der Waals surface area contributed by atoms with Crippen LogP contribution in [0.2, 0.25) is 0 Å². The molecule has 2 saturated heterocycles. The van der Waals surface area contributed by atoms with Crippen molar-refractivity contribution in [2.75, 3.05) is 30.4 Å². The second-order valence-electron chi connectivity index (χ2n) is 6.42. The number of methoxy groups -OCH3 is 1. The van der Waals surface area contributed by atoms with Gasteiger partial charge in [-0.3, -0.25) is 9.59 Å². The van der Waals surface area contributed by atoms with E-state index in [2.05, 4.69) is 10.6 Å². The molecule has 1 aromatic rings. The number of nitrogens with zero attached hydrogens (tertiary/aromatic N) is 1. The fourth-order valence-electron chi connectivity index (χ4n) is 3.41. The third kappa shape index (κ3) is 3.87. The predicted molar refractivity (Wildman–Crippen MR) is 93.5 cm³/mol. The van der Waals surface area contributed by atoms with Gasteiger partial charge in [0.1, 0.15) is 5.75 Å². The Morgan fingerprint density at radius 3 is 2.96 bits per heavy atom. The summed E-state index contributed by atoms with van der Waals surface area (Å²) >= 11 is 0. The Morgan fingerprint density at radius 1 is 1.42 bits per heavy atom. The lowest BCUT2D eigenvalue weighted by atomic mass is 10.1. The van der Waals surface area contributed by atoms with E-state index < -0.39 is 0 Å². The number of hydrogen-bond donors (Lipinski definition) is 2. The van der Waals surface area contributed by atoms with Crippen LogP contribution in [0.5, 0.6) is 5.75 Å². The van der Waals surface area contributed by atoms with Crippen molar-refractivity contribution in [3.8, 4) is 5.75 Å². The molecule has 6 nitrogen and oxygen atoms in total. The molecule has 0 aliphatic carbocycles. The average molecular weight is 331 g/mol. The fourth-order valence-corrected chi connectivity index (χ4v) is 3.41. The van der Waals surface area contributed by atoms with Crippen LogP contribution >= 0.6 is 0 Å². The summed E-state index contributed by atoms with van der Waals surface area (Å²) in [6.45, 7) is 1.77. The number of carbonyl (C=O) groups excluding carboxylic acids is 2. The molecule has 6 heteroatoms. The van der Waals surface area contributed by atoms with E-state index in [1.165, 1.54) is 6.42 Å². The molecular weight excluding hydrogens is 306 g/mol. The van der Waals surface area contributed by atoms with E-state index in [-0.39, 0.29) is 11.8 Å². The summed E-state index contributed by atoms with van der Waals surface area (Å²) in [5.74, 6) is 0.741. The van der Waals surface area contributed by atoms with Crippen molar-refractivity contribution in [2.45, 2.75) is 44.6 Å². The van der Waals surface area contributed by atoms with Gasteiger partial charge in [-0.25, -0.2) is 0 Å². The Morgan fingerprint density at radius 2 is 2.29 bits per heavy atom. The van der Waals surface area contributed by atoms with E-state index >= 15 is 0 Å². The van der Waals surface area contributed by atoms with Crippen LogP contribution < -0.4 is 20.3 Å². The topological polar surface area (TPSA) is 70.7 Å². The molecule has 1 atom stereocenters. The van der Waals surface area contributed by atoms with E-state index in [9.17, 15) is 9.59 Å². The number of carbonyl (C=O) groups is 2. The molecule has 24 heavy (non-hydrogen) atoms. The Balaban J connectivity index is 1.61. The molecule has 0 saturated carbocycles. The third-order valence-corrected chi connectivity index (χ3v) is 4.71. The monoisotopic (exact) mass is 331 g/mol. The quantitative estimate of drug-likeness (QED) is 0.839. The molecule has 1 unspecified atom stereocenters. The first kappa shape index (κ1) is 16.8. The second-order valence-corrected chi connectivity index (χ2v) is 6.42. The van der Waals surface area contributed by atoms with E-state index in [4.69, 9.17) is 4.74 Å². The van der Waals surface area contributed by atoms with Gasteiger partial charge in [0.2, 0.25) is 11.8 Å². The summed E-state index contributed by atoms with van der Waals surface area (Å²) in [6.07, 6.45) is 5.17. The SMILES string of the molecule is COc1cc(NC(=O)CCC2CCCN2)ccc1N1CCCC1=O. The van der Waals surface area contributed by atoms with Gasteiger partial charge < -0.3 is 20.3 Å². The molecule has 2 aliphatic heterocycles. The van der Waals surface area contributed by atoms with Gasteiger partial charge in [0.15, 0.2) is 0 Å². The van der Waals surface area contributed by atoms with Crippen LogP contribution in [0.3, 0.4) is 0 Å². The normalized spacial score (nSPS) is 20.5. The average Bonchev–Trinajstić information content (AvgIpc) is 3.24. The third-order valence-electron chi connectivity index (χ3n) is 4.71. The van der Waals surface area contributed by atoms with Crippen molar-refractivity contribution >= 4 is 23.2 Å². The van der Waals surface area contributed by atoms with Crippen molar-refractivity contribution in [3.63, 3.8) is 0 Å². The van der Waals surface area contributed by atoms with Gasteiger partial charge in [0, 0.05) is 37.2 Å². The minimum Gasteiger partial charge on any atom is -0.494 e. The molecule has 2 N–H and O–H groups in total. The fraction of sp³-hybridized carbons (Fsp3) is 0.556. The summed E-state index contributed by atoms with van der Waals surface area (Å²) in [4.78, 5) is 25.8. The molecule has 2 fully saturated rings. The molecule has 0 aromatic heterocycles. The van der Waals surface area contributed by atoms with Crippen LogP contribution in [-0.2, 0) is 9.59 Å². The van der Waals surface area contributed by atoms with E-state index in [0.717, 1.165) is 38.0 Å². The summed E-state index contributed by atoms with van der Waals surface area (Å²) in [5, 5.41) is 6.32. The van der Waals surface area contributed by atoms with Crippen molar-refractivity contribution in [1.29, 1.82) is 0 Å². The maximum atomic E-state index is 12.1. The lowest BCUT2D eigenvalue weighted by Crippen LogP contribution is -2.24. The van der Waals surface area contributed by atoms with Crippen LogP contribution in [0.15, 0.2) is 18.2 Å².